The highest BCUT2D eigenvalue weighted by molar-refractivity contribution is 7.80. The molecule has 3 aromatic carbocycles. The number of benzene rings is 3. The molecule has 0 bridgehead atoms. The van der Waals surface area contributed by atoms with Gasteiger partial charge >= 0.3 is 0 Å². The second-order valence-electron chi connectivity index (χ2n) is 6.79. The van der Waals surface area contributed by atoms with Crippen molar-refractivity contribution in [2.75, 3.05) is 23.8 Å². The Balaban J connectivity index is 1.68. The Kier molecular flexibility index (Phi) is 8.37. The normalized spacial score (nSPS) is 10.1. The Labute approximate surface area is 198 Å². The van der Waals surface area contributed by atoms with Crippen molar-refractivity contribution in [2.45, 2.75) is 13.8 Å². The fraction of sp³-hybridized carbons (Fsp3) is 0.160. The molecule has 0 atom stereocenters. The molecule has 0 saturated heterocycles. The van der Waals surface area contributed by atoms with Crippen LogP contribution in [0.3, 0.4) is 0 Å². The summed E-state index contributed by atoms with van der Waals surface area (Å²) in [5.41, 5.74) is 1.83. The van der Waals surface area contributed by atoms with E-state index in [2.05, 4.69) is 16.0 Å². The topological polar surface area (TPSA) is 88.7 Å². The highest BCUT2D eigenvalue weighted by Gasteiger charge is 2.16. The maximum absolute atomic E-state index is 12.9. The average molecular weight is 464 g/mol. The van der Waals surface area contributed by atoms with Crippen molar-refractivity contribution in [3.05, 3.63) is 83.9 Å². The van der Waals surface area contributed by atoms with Crippen LogP contribution in [0.25, 0.3) is 0 Å². The van der Waals surface area contributed by atoms with Crippen molar-refractivity contribution in [1.29, 1.82) is 0 Å². The van der Waals surface area contributed by atoms with E-state index in [0.29, 0.717) is 41.5 Å². The number of carbonyl (C=O) groups is 2. The Morgan fingerprint density at radius 3 is 2.09 bits per heavy atom. The van der Waals surface area contributed by atoms with E-state index < -0.39 is 5.91 Å². The van der Waals surface area contributed by atoms with Gasteiger partial charge in [0.05, 0.1) is 30.0 Å². The van der Waals surface area contributed by atoms with E-state index in [1.807, 2.05) is 13.8 Å². The minimum atomic E-state index is -0.409. The summed E-state index contributed by atoms with van der Waals surface area (Å²) >= 11 is 5.31. The van der Waals surface area contributed by atoms with Crippen molar-refractivity contribution in [3.63, 3.8) is 0 Å². The van der Waals surface area contributed by atoms with Gasteiger partial charge < -0.3 is 20.1 Å². The maximum atomic E-state index is 12.9. The van der Waals surface area contributed by atoms with E-state index in [1.165, 1.54) is 0 Å². The summed E-state index contributed by atoms with van der Waals surface area (Å²) in [4.78, 5) is 25.5. The molecule has 8 heteroatoms. The number of hydrogen-bond acceptors (Lipinski definition) is 5. The smallest absolute Gasteiger partial charge is 0.261 e. The molecule has 0 aliphatic rings. The number of nitrogens with one attached hydrogen (secondary N) is 3. The molecular formula is C25H25N3O4S. The second kappa shape index (κ2) is 11.6. The van der Waals surface area contributed by atoms with Gasteiger partial charge in [-0.3, -0.25) is 14.9 Å². The summed E-state index contributed by atoms with van der Waals surface area (Å²) < 4.78 is 10.9. The third-order valence-electron chi connectivity index (χ3n) is 4.50. The number of carbonyl (C=O) groups excluding carboxylic acids is 2. The van der Waals surface area contributed by atoms with Crippen LogP contribution < -0.4 is 25.4 Å². The van der Waals surface area contributed by atoms with Gasteiger partial charge in [0.25, 0.3) is 11.8 Å². The SMILES string of the molecule is CCOc1ccc(NC(=O)c2ccccc2NC(=S)NC(=O)c2ccccc2OCC)cc1. The molecule has 0 unspecified atom stereocenters. The maximum Gasteiger partial charge on any atom is 0.261 e. The van der Waals surface area contributed by atoms with E-state index in [-0.39, 0.29) is 11.0 Å². The van der Waals surface area contributed by atoms with Crippen LogP contribution in [0.15, 0.2) is 72.8 Å². The zero-order valence-electron chi connectivity index (χ0n) is 18.4. The molecule has 0 radical (unpaired) electrons. The van der Waals surface area contributed by atoms with E-state index in [0.717, 1.165) is 5.75 Å². The van der Waals surface area contributed by atoms with Crippen LogP contribution >= 0.6 is 12.2 Å². The summed E-state index contributed by atoms with van der Waals surface area (Å²) in [6.45, 7) is 4.75. The third kappa shape index (κ3) is 6.54. The number of rotatable bonds is 8. The first-order valence-electron chi connectivity index (χ1n) is 10.5. The number of thiocarbonyl (C=S) groups is 1. The average Bonchev–Trinajstić information content (AvgIpc) is 2.81. The fourth-order valence-electron chi connectivity index (χ4n) is 3.05. The van der Waals surface area contributed by atoms with Crippen LogP contribution in [0.5, 0.6) is 11.5 Å². The number of ether oxygens (including phenoxy) is 2. The Morgan fingerprint density at radius 1 is 0.758 bits per heavy atom. The van der Waals surface area contributed by atoms with Crippen LogP contribution in [0.1, 0.15) is 34.6 Å². The summed E-state index contributed by atoms with van der Waals surface area (Å²) in [6, 6.07) is 20.9. The van der Waals surface area contributed by atoms with Gasteiger partial charge in [-0.1, -0.05) is 24.3 Å². The Bertz CT molecular complexity index is 1130. The van der Waals surface area contributed by atoms with Gasteiger partial charge in [-0.25, -0.2) is 0 Å². The van der Waals surface area contributed by atoms with E-state index in [9.17, 15) is 9.59 Å². The monoisotopic (exact) mass is 463 g/mol. The van der Waals surface area contributed by atoms with Crippen LogP contribution in [0, 0.1) is 0 Å². The van der Waals surface area contributed by atoms with Crippen molar-refractivity contribution >= 4 is 40.5 Å². The first-order valence-corrected chi connectivity index (χ1v) is 10.9. The predicted molar refractivity (Wildman–Crippen MR) is 133 cm³/mol. The predicted octanol–water partition coefficient (Wildman–Crippen LogP) is 4.86. The molecule has 3 N–H and O–H groups in total. The van der Waals surface area contributed by atoms with Crippen molar-refractivity contribution in [2.24, 2.45) is 0 Å². The fourth-order valence-corrected chi connectivity index (χ4v) is 3.25. The minimum Gasteiger partial charge on any atom is -0.494 e. The van der Waals surface area contributed by atoms with Crippen LogP contribution in [0.4, 0.5) is 11.4 Å². The molecule has 0 aliphatic heterocycles. The van der Waals surface area contributed by atoms with Crippen molar-refractivity contribution in [3.8, 4) is 11.5 Å². The lowest BCUT2D eigenvalue weighted by Gasteiger charge is -2.15. The first-order chi connectivity index (χ1) is 16.0. The molecule has 0 saturated carbocycles. The zero-order valence-corrected chi connectivity index (χ0v) is 19.2. The lowest BCUT2D eigenvalue weighted by Crippen LogP contribution is -2.35. The van der Waals surface area contributed by atoms with Crippen LogP contribution in [0.2, 0.25) is 0 Å². The Hall–Kier alpha value is -3.91. The largest absolute Gasteiger partial charge is 0.494 e. The first kappa shape index (κ1) is 23.7. The van der Waals surface area contributed by atoms with Crippen molar-refractivity contribution < 1.29 is 19.1 Å². The third-order valence-corrected chi connectivity index (χ3v) is 4.71. The molecule has 0 spiro atoms. The Morgan fingerprint density at radius 2 is 1.39 bits per heavy atom. The standard InChI is InChI=1S/C25H25N3O4S/c1-3-31-18-15-13-17(14-16-18)26-23(29)19-9-5-7-11-21(19)27-25(33)28-24(30)20-10-6-8-12-22(20)32-4-2/h5-16H,3-4H2,1-2H3,(H,26,29)(H2,27,28,30,33). The summed E-state index contributed by atoms with van der Waals surface area (Å²) in [6.07, 6.45) is 0. The van der Waals surface area contributed by atoms with Gasteiger partial charge in [0.1, 0.15) is 11.5 Å². The lowest BCUT2D eigenvalue weighted by atomic mass is 10.1. The summed E-state index contributed by atoms with van der Waals surface area (Å²) in [5, 5.41) is 8.48. The van der Waals surface area contributed by atoms with Gasteiger partial charge in [0, 0.05) is 5.69 Å². The highest BCUT2D eigenvalue weighted by atomic mass is 32.1. The molecule has 3 aromatic rings. The molecule has 0 aromatic heterocycles. The second-order valence-corrected chi connectivity index (χ2v) is 7.20. The summed E-state index contributed by atoms with van der Waals surface area (Å²) in [5.74, 6) is 0.464. The molecule has 0 fully saturated rings. The van der Waals surface area contributed by atoms with Gasteiger partial charge in [-0.05, 0) is 74.6 Å². The number of amides is 2. The molecule has 170 valence electrons. The number of anilines is 2. The van der Waals surface area contributed by atoms with E-state index in [4.69, 9.17) is 21.7 Å². The molecule has 33 heavy (non-hydrogen) atoms. The van der Waals surface area contributed by atoms with Crippen LogP contribution in [-0.4, -0.2) is 30.1 Å². The molecule has 7 nitrogen and oxygen atoms in total. The van der Waals surface area contributed by atoms with Crippen molar-refractivity contribution in [1.82, 2.24) is 5.32 Å². The minimum absolute atomic E-state index is 0.0626. The van der Waals surface area contributed by atoms with Gasteiger partial charge in [-0.2, -0.15) is 0 Å². The molecule has 0 aliphatic carbocycles. The quantitative estimate of drug-likeness (QED) is 0.414. The lowest BCUT2D eigenvalue weighted by molar-refractivity contribution is 0.0973. The van der Waals surface area contributed by atoms with Crippen LogP contribution in [-0.2, 0) is 0 Å². The molecule has 2 amide bonds. The van der Waals surface area contributed by atoms with E-state index in [1.54, 1.807) is 72.8 Å². The van der Waals surface area contributed by atoms with Gasteiger partial charge in [-0.15, -0.1) is 0 Å². The summed E-state index contributed by atoms with van der Waals surface area (Å²) in [7, 11) is 0. The van der Waals surface area contributed by atoms with Gasteiger partial charge in [0.2, 0.25) is 0 Å². The molecule has 0 heterocycles. The van der Waals surface area contributed by atoms with Gasteiger partial charge in [0.15, 0.2) is 5.11 Å². The highest BCUT2D eigenvalue weighted by Crippen LogP contribution is 2.21. The molecule has 3 rings (SSSR count). The molecular weight excluding hydrogens is 438 g/mol. The number of para-hydroxylation sites is 2. The number of hydrogen-bond donors (Lipinski definition) is 3. The van der Waals surface area contributed by atoms with E-state index >= 15 is 0 Å². The zero-order chi connectivity index (χ0) is 23.6.